The largest absolute Gasteiger partial charge is 0.367 e. The summed E-state index contributed by atoms with van der Waals surface area (Å²) in [6.07, 6.45) is 3.84. The van der Waals surface area contributed by atoms with Crippen molar-refractivity contribution >= 4 is 35.1 Å². The summed E-state index contributed by atoms with van der Waals surface area (Å²) in [4.78, 5) is 54.9. The maximum absolute atomic E-state index is 14.0. The van der Waals surface area contributed by atoms with Gasteiger partial charge in [0.25, 0.3) is 5.91 Å². The summed E-state index contributed by atoms with van der Waals surface area (Å²) in [6.45, 7) is 0.755. The zero-order valence-corrected chi connectivity index (χ0v) is 17.5. The van der Waals surface area contributed by atoms with E-state index >= 15 is 0 Å². The van der Waals surface area contributed by atoms with Gasteiger partial charge in [0.15, 0.2) is 5.41 Å². The molecule has 3 heterocycles. The molecule has 0 aromatic heterocycles. The second-order valence-electron chi connectivity index (χ2n) is 8.65. The first kappa shape index (κ1) is 20.2. The third-order valence-electron chi connectivity index (χ3n) is 6.92. The number of hydrogen-bond acceptors (Lipinski definition) is 5. The quantitative estimate of drug-likeness (QED) is 0.708. The summed E-state index contributed by atoms with van der Waals surface area (Å²) in [5.74, 6) is -1.66. The number of imide groups is 2. The van der Waals surface area contributed by atoms with E-state index in [1.807, 2.05) is 24.3 Å². The molecule has 3 aliphatic heterocycles. The minimum absolute atomic E-state index is 0.234. The molecule has 0 bridgehead atoms. The second-order valence-corrected chi connectivity index (χ2v) is 8.65. The van der Waals surface area contributed by atoms with Crippen LogP contribution in [-0.2, 0) is 16.0 Å². The van der Waals surface area contributed by atoms with Crippen molar-refractivity contribution < 1.29 is 19.2 Å². The topological polar surface area (TPSA) is 113 Å². The maximum atomic E-state index is 14.0. The van der Waals surface area contributed by atoms with Crippen LogP contribution in [0.25, 0.3) is 0 Å². The Hall–Kier alpha value is -3.68. The van der Waals surface area contributed by atoms with E-state index in [9.17, 15) is 19.2 Å². The number of primary amides is 1. The first-order valence-electron chi connectivity index (χ1n) is 10.9. The van der Waals surface area contributed by atoms with Gasteiger partial charge in [0.1, 0.15) is 0 Å². The number of barbiturate groups is 1. The van der Waals surface area contributed by atoms with E-state index in [1.165, 1.54) is 24.3 Å². The van der Waals surface area contributed by atoms with E-state index < -0.39 is 29.2 Å². The molecule has 32 heavy (non-hydrogen) atoms. The third-order valence-corrected chi connectivity index (χ3v) is 6.92. The number of nitrogens with two attached hydrogens (primary N) is 1. The van der Waals surface area contributed by atoms with Gasteiger partial charge in [-0.2, -0.15) is 0 Å². The summed E-state index contributed by atoms with van der Waals surface area (Å²) in [5, 5.41) is 2.45. The number of urea groups is 1. The maximum Gasteiger partial charge on any atom is 0.335 e. The molecule has 2 aromatic carbocycles. The Labute approximate surface area is 185 Å². The van der Waals surface area contributed by atoms with Gasteiger partial charge in [-0.25, -0.2) is 9.69 Å². The molecule has 2 saturated heterocycles. The second kappa shape index (κ2) is 7.47. The van der Waals surface area contributed by atoms with Crippen LogP contribution in [0.5, 0.6) is 0 Å². The molecular weight excluding hydrogens is 408 g/mol. The molecule has 3 N–H and O–H groups in total. The highest BCUT2D eigenvalue weighted by Crippen LogP contribution is 2.47. The summed E-state index contributed by atoms with van der Waals surface area (Å²) in [7, 11) is 0. The van der Waals surface area contributed by atoms with Gasteiger partial charge in [0.05, 0.1) is 11.7 Å². The average Bonchev–Trinajstić information content (AvgIpc) is 3.05. The fourth-order valence-corrected chi connectivity index (χ4v) is 5.38. The predicted octanol–water partition coefficient (Wildman–Crippen LogP) is 2.36. The minimum Gasteiger partial charge on any atom is -0.367 e. The highest BCUT2D eigenvalue weighted by molar-refractivity contribution is 6.30. The Morgan fingerprint density at radius 1 is 1.00 bits per heavy atom. The highest BCUT2D eigenvalue weighted by atomic mass is 16.2. The van der Waals surface area contributed by atoms with Crippen LogP contribution >= 0.6 is 0 Å². The number of anilines is 2. The molecule has 3 aliphatic rings. The predicted molar refractivity (Wildman–Crippen MR) is 118 cm³/mol. The van der Waals surface area contributed by atoms with Crippen molar-refractivity contribution in [3.8, 4) is 0 Å². The first-order valence-corrected chi connectivity index (χ1v) is 10.9. The lowest BCUT2D eigenvalue weighted by Crippen LogP contribution is -2.72. The van der Waals surface area contributed by atoms with Gasteiger partial charge in [0.2, 0.25) is 11.8 Å². The fourth-order valence-electron chi connectivity index (χ4n) is 5.38. The van der Waals surface area contributed by atoms with Gasteiger partial charge in [0, 0.05) is 17.8 Å². The van der Waals surface area contributed by atoms with Crippen LogP contribution < -0.4 is 20.9 Å². The molecule has 1 spiro atoms. The molecule has 2 aromatic rings. The summed E-state index contributed by atoms with van der Waals surface area (Å²) in [6, 6.07) is 12.7. The van der Waals surface area contributed by atoms with Crippen molar-refractivity contribution in [2.45, 2.75) is 38.1 Å². The number of carbonyl (C=O) groups is 4. The molecule has 5 amide bonds. The smallest absolute Gasteiger partial charge is 0.335 e. The van der Waals surface area contributed by atoms with Crippen molar-refractivity contribution in [3.63, 3.8) is 0 Å². The van der Waals surface area contributed by atoms with E-state index in [4.69, 9.17) is 5.73 Å². The van der Waals surface area contributed by atoms with Gasteiger partial charge >= 0.3 is 6.03 Å². The van der Waals surface area contributed by atoms with Gasteiger partial charge < -0.3 is 10.6 Å². The zero-order chi connectivity index (χ0) is 22.5. The number of fused-ring (bicyclic) bond motifs is 4. The normalized spacial score (nSPS) is 25.1. The third kappa shape index (κ3) is 2.90. The van der Waals surface area contributed by atoms with Gasteiger partial charge in [-0.1, -0.05) is 31.0 Å². The van der Waals surface area contributed by atoms with Crippen LogP contribution in [0, 0.1) is 5.41 Å². The van der Waals surface area contributed by atoms with Crippen molar-refractivity contribution in [2.24, 2.45) is 11.1 Å². The van der Waals surface area contributed by atoms with E-state index in [2.05, 4.69) is 10.2 Å². The Bertz CT molecular complexity index is 1130. The van der Waals surface area contributed by atoms with E-state index in [0.29, 0.717) is 12.1 Å². The number of amides is 5. The fraction of sp³-hybridized carbons (Fsp3) is 0.333. The molecule has 2 unspecified atom stereocenters. The highest BCUT2D eigenvalue weighted by Gasteiger charge is 2.62. The standard InChI is InChI=1S/C24H24N4O4/c25-20(29)15-9-11-17(12-10-15)28-22(31)24(21(30)26-23(28)32)14-16-6-3-4-7-18(16)27-13-5-1-2-8-19(24)27/h3-4,6-7,9-12,19H,1-2,5,8,13-14H2,(H2,25,29)(H,26,30,32). The van der Waals surface area contributed by atoms with E-state index in [1.54, 1.807) is 0 Å². The monoisotopic (exact) mass is 432 g/mol. The SMILES string of the molecule is NC(=O)c1ccc(N2C(=O)NC(=O)C3(Cc4ccccc4N4CCCCCC43)C2=O)cc1. The Morgan fingerprint density at radius 2 is 1.75 bits per heavy atom. The zero-order valence-electron chi connectivity index (χ0n) is 17.5. The first-order chi connectivity index (χ1) is 15.4. The molecule has 8 nitrogen and oxygen atoms in total. The van der Waals surface area contributed by atoms with Crippen LogP contribution in [0.2, 0.25) is 0 Å². The number of para-hydroxylation sites is 1. The van der Waals surface area contributed by atoms with Crippen LogP contribution in [0.15, 0.2) is 48.5 Å². The molecule has 0 saturated carbocycles. The molecule has 164 valence electrons. The van der Waals surface area contributed by atoms with Crippen molar-refractivity contribution in [1.82, 2.24) is 5.32 Å². The molecule has 2 atom stereocenters. The van der Waals surface area contributed by atoms with E-state index in [-0.39, 0.29) is 18.0 Å². The Morgan fingerprint density at radius 3 is 2.50 bits per heavy atom. The van der Waals surface area contributed by atoms with E-state index in [0.717, 1.165) is 42.0 Å². The Kier molecular flexibility index (Phi) is 4.73. The average molecular weight is 432 g/mol. The lowest BCUT2D eigenvalue weighted by molar-refractivity contribution is -0.144. The number of rotatable bonds is 2. The molecule has 5 rings (SSSR count). The van der Waals surface area contributed by atoms with Gasteiger partial charge in [-0.15, -0.1) is 0 Å². The number of carbonyl (C=O) groups excluding carboxylic acids is 4. The lowest BCUT2D eigenvalue weighted by atomic mass is 9.67. The number of nitrogens with one attached hydrogen (secondary N) is 1. The Balaban J connectivity index is 1.63. The van der Waals surface area contributed by atoms with Crippen molar-refractivity contribution in [3.05, 3.63) is 59.7 Å². The van der Waals surface area contributed by atoms with Gasteiger partial charge in [-0.05, 0) is 55.2 Å². The molecular formula is C24H24N4O4. The summed E-state index contributed by atoms with van der Waals surface area (Å²) < 4.78 is 0. The summed E-state index contributed by atoms with van der Waals surface area (Å²) >= 11 is 0. The number of nitrogens with zero attached hydrogens (tertiary/aromatic N) is 2. The minimum atomic E-state index is -1.41. The molecule has 8 heteroatoms. The van der Waals surface area contributed by atoms with Crippen LogP contribution in [0.3, 0.4) is 0 Å². The van der Waals surface area contributed by atoms with Crippen molar-refractivity contribution in [2.75, 3.05) is 16.3 Å². The van der Waals surface area contributed by atoms with Crippen LogP contribution in [0.4, 0.5) is 16.2 Å². The number of benzene rings is 2. The van der Waals surface area contributed by atoms with Crippen molar-refractivity contribution in [1.29, 1.82) is 0 Å². The number of hydrogen-bond donors (Lipinski definition) is 2. The lowest BCUT2D eigenvalue weighted by Gasteiger charge is -2.51. The molecule has 0 aliphatic carbocycles. The summed E-state index contributed by atoms with van der Waals surface area (Å²) in [5.41, 5.74) is 6.45. The molecule has 2 fully saturated rings. The van der Waals surface area contributed by atoms with Crippen LogP contribution in [-0.4, -0.2) is 36.3 Å². The van der Waals surface area contributed by atoms with Crippen LogP contribution in [0.1, 0.15) is 41.6 Å². The van der Waals surface area contributed by atoms with Gasteiger partial charge in [-0.3, -0.25) is 19.7 Å². The molecule has 0 radical (unpaired) electrons.